The van der Waals surface area contributed by atoms with Gasteiger partial charge < -0.3 is 10.1 Å². The van der Waals surface area contributed by atoms with E-state index in [1.165, 1.54) is 12.1 Å². The fraction of sp³-hybridized carbons (Fsp3) is 0.438. The molecule has 0 aliphatic carbocycles. The van der Waals surface area contributed by atoms with Crippen LogP contribution in [0.5, 0.6) is 5.75 Å². The van der Waals surface area contributed by atoms with Crippen LogP contribution >= 0.6 is 0 Å². The molecule has 1 aliphatic heterocycles. The molecule has 1 unspecified atom stereocenters. The lowest BCUT2D eigenvalue weighted by molar-refractivity contribution is -0.274. The van der Waals surface area contributed by atoms with Crippen LogP contribution in [0.2, 0.25) is 0 Å². The van der Waals surface area contributed by atoms with Gasteiger partial charge in [0.15, 0.2) is 0 Å². The molecule has 26 heavy (non-hydrogen) atoms. The highest BCUT2D eigenvalue weighted by Gasteiger charge is 2.31. The Labute approximate surface area is 147 Å². The summed E-state index contributed by atoms with van der Waals surface area (Å²) in [7, 11) is 0. The standard InChI is InChI=1S/C16H18F3N5O2/c1-11(12-2-4-14(5-3-12)26-16(17,18)19)24-9-13(21-22-24)8-23-7-6-20-15(25)10-23/h2-5,9,11H,6-8,10H2,1H3,(H,20,25). The van der Waals surface area contributed by atoms with E-state index in [0.717, 1.165) is 17.8 Å². The van der Waals surface area contributed by atoms with Gasteiger partial charge in [-0.3, -0.25) is 9.69 Å². The Kier molecular flexibility index (Phi) is 5.12. The largest absolute Gasteiger partial charge is 0.573 e. The number of hydrogen-bond donors (Lipinski definition) is 1. The lowest BCUT2D eigenvalue weighted by atomic mass is 10.1. The van der Waals surface area contributed by atoms with Crippen molar-refractivity contribution in [2.45, 2.75) is 25.9 Å². The number of halogens is 3. The quantitative estimate of drug-likeness (QED) is 0.869. The number of ether oxygens (including phenoxy) is 1. The van der Waals surface area contributed by atoms with Gasteiger partial charge in [-0.1, -0.05) is 17.3 Å². The molecule has 0 saturated carbocycles. The normalized spacial score (nSPS) is 17.0. The van der Waals surface area contributed by atoms with Crippen LogP contribution in [0, 0.1) is 0 Å². The smallest absolute Gasteiger partial charge is 0.406 e. The molecule has 2 heterocycles. The molecule has 2 aromatic rings. The maximum Gasteiger partial charge on any atom is 0.573 e. The molecular weight excluding hydrogens is 351 g/mol. The van der Waals surface area contributed by atoms with Gasteiger partial charge in [0.05, 0.1) is 24.5 Å². The lowest BCUT2D eigenvalue weighted by Gasteiger charge is -2.25. The third kappa shape index (κ3) is 4.72. The molecule has 10 heteroatoms. The van der Waals surface area contributed by atoms with Crippen LogP contribution in [0.3, 0.4) is 0 Å². The second-order valence-corrected chi connectivity index (χ2v) is 6.04. The minimum absolute atomic E-state index is 0.0156. The number of benzene rings is 1. The molecule has 1 aromatic carbocycles. The van der Waals surface area contributed by atoms with E-state index in [9.17, 15) is 18.0 Å². The molecule has 0 bridgehead atoms. The monoisotopic (exact) mass is 369 g/mol. The van der Waals surface area contributed by atoms with E-state index >= 15 is 0 Å². The summed E-state index contributed by atoms with van der Waals surface area (Å²) in [5, 5.41) is 11.0. The van der Waals surface area contributed by atoms with Crippen LogP contribution in [-0.2, 0) is 11.3 Å². The van der Waals surface area contributed by atoms with Crippen LogP contribution in [0.15, 0.2) is 30.5 Å². The van der Waals surface area contributed by atoms with Gasteiger partial charge in [0.2, 0.25) is 5.91 Å². The Morgan fingerprint density at radius 3 is 2.69 bits per heavy atom. The predicted octanol–water partition coefficient (Wildman–Crippen LogP) is 1.72. The van der Waals surface area contributed by atoms with Crippen LogP contribution in [0.1, 0.15) is 24.2 Å². The van der Waals surface area contributed by atoms with Crippen LogP contribution < -0.4 is 10.1 Å². The summed E-state index contributed by atoms with van der Waals surface area (Å²) >= 11 is 0. The Hall–Kier alpha value is -2.62. The molecule has 1 fully saturated rings. The molecule has 0 radical (unpaired) electrons. The third-order valence-electron chi connectivity index (χ3n) is 4.05. The molecule has 140 valence electrons. The molecule has 1 aliphatic rings. The first-order chi connectivity index (χ1) is 12.3. The van der Waals surface area contributed by atoms with E-state index in [-0.39, 0.29) is 17.7 Å². The summed E-state index contributed by atoms with van der Waals surface area (Å²) in [6.07, 6.45) is -2.93. The summed E-state index contributed by atoms with van der Waals surface area (Å²) in [4.78, 5) is 13.4. The maximum atomic E-state index is 12.2. The van der Waals surface area contributed by atoms with Crippen molar-refractivity contribution in [3.8, 4) is 5.75 Å². The van der Waals surface area contributed by atoms with E-state index in [4.69, 9.17) is 0 Å². The van der Waals surface area contributed by atoms with Gasteiger partial charge in [0, 0.05) is 19.6 Å². The SMILES string of the molecule is CC(c1ccc(OC(F)(F)F)cc1)n1cc(CN2CCNC(=O)C2)nn1. The minimum Gasteiger partial charge on any atom is -0.406 e. The average Bonchev–Trinajstić information content (AvgIpc) is 3.02. The predicted molar refractivity (Wildman–Crippen MR) is 85.2 cm³/mol. The Bertz CT molecular complexity index is 760. The molecule has 1 atom stereocenters. The molecule has 7 nitrogen and oxygen atoms in total. The highest BCUT2D eigenvalue weighted by atomic mass is 19.4. The molecule has 1 N–H and O–H groups in total. The maximum absolute atomic E-state index is 12.2. The number of amides is 1. The number of nitrogens with one attached hydrogen (secondary N) is 1. The third-order valence-corrected chi connectivity index (χ3v) is 4.05. The summed E-state index contributed by atoms with van der Waals surface area (Å²) in [5.41, 5.74) is 1.50. The van der Waals surface area contributed by atoms with E-state index in [0.29, 0.717) is 19.6 Å². The molecule has 0 spiro atoms. The van der Waals surface area contributed by atoms with Gasteiger partial charge in [0.25, 0.3) is 0 Å². The number of alkyl halides is 3. The Morgan fingerprint density at radius 2 is 2.04 bits per heavy atom. The summed E-state index contributed by atoms with van der Waals surface area (Å²) in [6.45, 7) is 4.05. The van der Waals surface area contributed by atoms with E-state index in [1.807, 2.05) is 11.8 Å². The summed E-state index contributed by atoms with van der Waals surface area (Å²) in [5.74, 6) is -0.283. The highest BCUT2D eigenvalue weighted by molar-refractivity contribution is 5.78. The highest BCUT2D eigenvalue weighted by Crippen LogP contribution is 2.25. The Balaban J connectivity index is 1.64. The number of carbonyl (C=O) groups excluding carboxylic acids is 1. The van der Waals surface area contributed by atoms with Crippen LogP contribution in [0.4, 0.5) is 13.2 Å². The van der Waals surface area contributed by atoms with Crippen molar-refractivity contribution in [1.29, 1.82) is 0 Å². The second kappa shape index (κ2) is 7.32. The topological polar surface area (TPSA) is 72.3 Å². The summed E-state index contributed by atoms with van der Waals surface area (Å²) < 4.78 is 42.1. The number of piperazine rings is 1. The average molecular weight is 369 g/mol. The van der Waals surface area contributed by atoms with Crippen molar-refractivity contribution in [1.82, 2.24) is 25.2 Å². The molecular formula is C16H18F3N5O2. The first-order valence-corrected chi connectivity index (χ1v) is 8.05. The van der Waals surface area contributed by atoms with E-state index in [2.05, 4.69) is 20.4 Å². The van der Waals surface area contributed by atoms with Crippen molar-refractivity contribution in [3.63, 3.8) is 0 Å². The number of aromatic nitrogens is 3. The van der Waals surface area contributed by atoms with Gasteiger partial charge >= 0.3 is 6.36 Å². The fourth-order valence-corrected chi connectivity index (χ4v) is 2.73. The van der Waals surface area contributed by atoms with Crippen molar-refractivity contribution in [3.05, 3.63) is 41.7 Å². The Morgan fingerprint density at radius 1 is 1.31 bits per heavy atom. The van der Waals surface area contributed by atoms with Gasteiger partial charge in [-0.2, -0.15) is 0 Å². The first kappa shape index (κ1) is 18.2. The molecule has 1 amide bonds. The molecule has 1 saturated heterocycles. The van der Waals surface area contributed by atoms with Crippen molar-refractivity contribution in [2.75, 3.05) is 19.6 Å². The van der Waals surface area contributed by atoms with Crippen LogP contribution in [0.25, 0.3) is 0 Å². The zero-order valence-electron chi connectivity index (χ0n) is 14.0. The van der Waals surface area contributed by atoms with Crippen molar-refractivity contribution in [2.24, 2.45) is 0 Å². The number of rotatable bonds is 5. The zero-order chi connectivity index (χ0) is 18.7. The fourth-order valence-electron chi connectivity index (χ4n) is 2.73. The first-order valence-electron chi connectivity index (χ1n) is 8.05. The van der Waals surface area contributed by atoms with Crippen LogP contribution in [-0.4, -0.2) is 51.8 Å². The second-order valence-electron chi connectivity index (χ2n) is 6.04. The lowest BCUT2D eigenvalue weighted by Crippen LogP contribution is -2.47. The van der Waals surface area contributed by atoms with Gasteiger partial charge in [-0.15, -0.1) is 18.3 Å². The summed E-state index contributed by atoms with van der Waals surface area (Å²) in [6, 6.07) is 5.44. The number of nitrogens with zero attached hydrogens (tertiary/aromatic N) is 4. The van der Waals surface area contributed by atoms with Crippen molar-refractivity contribution < 1.29 is 22.7 Å². The molecule has 3 rings (SSSR count). The van der Waals surface area contributed by atoms with E-state index < -0.39 is 6.36 Å². The number of hydrogen-bond acceptors (Lipinski definition) is 5. The van der Waals surface area contributed by atoms with Gasteiger partial charge in [-0.05, 0) is 24.6 Å². The zero-order valence-corrected chi connectivity index (χ0v) is 14.0. The van der Waals surface area contributed by atoms with Gasteiger partial charge in [0.1, 0.15) is 5.75 Å². The van der Waals surface area contributed by atoms with Crippen molar-refractivity contribution >= 4 is 5.91 Å². The number of carbonyl (C=O) groups is 1. The minimum atomic E-state index is -4.71. The van der Waals surface area contributed by atoms with Gasteiger partial charge in [-0.25, -0.2) is 4.68 Å². The molecule has 1 aromatic heterocycles. The van der Waals surface area contributed by atoms with E-state index in [1.54, 1.807) is 23.0 Å².